The lowest BCUT2D eigenvalue weighted by Gasteiger charge is -2.11. The Morgan fingerprint density at radius 3 is 2.68 bits per heavy atom. The summed E-state index contributed by atoms with van der Waals surface area (Å²) in [6.45, 7) is 0.0492. The van der Waals surface area contributed by atoms with Gasteiger partial charge in [0, 0.05) is 6.08 Å². The lowest BCUT2D eigenvalue weighted by molar-refractivity contribution is -0.123. The molecular formula is C22H15FN4O3S. The minimum absolute atomic E-state index is 0.0492. The molecule has 0 atom stereocenters. The van der Waals surface area contributed by atoms with Crippen LogP contribution in [-0.2, 0) is 11.3 Å². The van der Waals surface area contributed by atoms with Gasteiger partial charge in [0.2, 0.25) is 0 Å². The van der Waals surface area contributed by atoms with Crippen LogP contribution in [0.5, 0.6) is 0 Å². The summed E-state index contributed by atoms with van der Waals surface area (Å²) in [5.41, 5.74) is 2.55. The smallest absolute Gasteiger partial charge is 0.329 e. The number of nitrogens with zero attached hydrogens (tertiary/aromatic N) is 2. The van der Waals surface area contributed by atoms with Crippen molar-refractivity contribution in [2.75, 3.05) is 0 Å². The number of hydrogen-bond acceptors (Lipinski definition) is 5. The third kappa shape index (κ3) is 3.95. The van der Waals surface area contributed by atoms with Crippen LogP contribution in [0.15, 0.2) is 81.0 Å². The molecule has 3 amide bonds. The first-order valence-corrected chi connectivity index (χ1v) is 10.2. The van der Waals surface area contributed by atoms with Crippen LogP contribution >= 0.6 is 11.8 Å². The number of H-pyrrole nitrogens is 1. The minimum Gasteiger partial charge on any atom is -0.450 e. The number of halogens is 1. The molecule has 2 N–H and O–H groups in total. The second-order valence-electron chi connectivity index (χ2n) is 6.82. The van der Waals surface area contributed by atoms with Gasteiger partial charge in [-0.2, -0.15) is 0 Å². The number of rotatable bonds is 5. The number of fused-ring (bicyclic) bond motifs is 1. The van der Waals surface area contributed by atoms with Gasteiger partial charge in [-0.15, -0.1) is 0 Å². The Balaban J connectivity index is 1.30. The third-order valence-electron chi connectivity index (χ3n) is 4.67. The number of hydrogen-bond donors (Lipinski definition) is 2. The topological polar surface area (TPSA) is 91.2 Å². The van der Waals surface area contributed by atoms with Gasteiger partial charge in [-0.05, 0) is 53.7 Å². The van der Waals surface area contributed by atoms with Crippen LogP contribution in [-0.4, -0.2) is 26.8 Å². The Bertz CT molecular complexity index is 1290. The van der Waals surface area contributed by atoms with E-state index in [2.05, 4.69) is 15.3 Å². The molecule has 0 bridgehead atoms. The molecule has 0 spiro atoms. The maximum Gasteiger partial charge on any atom is 0.329 e. The maximum absolute atomic E-state index is 13.1. The summed E-state index contributed by atoms with van der Waals surface area (Å²) in [7, 11) is 0. The Hall–Kier alpha value is -3.85. The summed E-state index contributed by atoms with van der Waals surface area (Å²) < 4.78 is 18.8. The highest BCUT2D eigenvalue weighted by Crippen LogP contribution is 2.29. The van der Waals surface area contributed by atoms with Gasteiger partial charge in [0.25, 0.3) is 5.91 Å². The fraction of sp³-hybridized carbons (Fsp3) is 0.0455. The summed E-state index contributed by atoms with van der Waals surface area (Å²) in [6, 6.07) is 16.3. The van der Waals surface area contributed by atoms with E-state index in [0.717, 1.165) is 15.9 Å². The summed E-state index contributed by atoms with van der Waals surface area (Å²) in [5.74, 6) is -0.432. The van der Waals surface area contributed by atoms with E-state index in [9.17, 15) is 14.0 Å². The van der Waals surface area contributed by atoms with E-state index >= 15 is 0 Å². The summed E-state index contributed by atoms with van der Waals surface area (Å²) >= 11 is 1.32. The number of furan rings is 1. The van der Waals surface area contributed by atoms with E-state index in [1.807, 2.05) is 24.3 Å². The van der Waals surface area contributed by atoms with Crippen LogP contribution in [0.4, 0.5) is 9.18 Å². The zero-order valence-corrected chi connectivity index (χ0v) is 16.8. The molecule has 1 saturated heterocycles. The number of carbonyl (C=O) groups is 2. The normalized spacial score (nSPS) is 15.3. The fourth-order valence-electron chi connectivity index (χ4n) is 3.17. The van der Waals surface area contributed by atoms with Crippen molar-refractivity contribution >= 4 is 40.8 Å². The average Bonchev–Trinajstić information content (AvgIpc) is 3.44. The van der Waals surface area contributed by atoms with Gasteiger partial charge in [-0.25, -0.2) is 14.2 Å². The van der Waals surface area contributed by atoms with Crippen molar-refractivity contribution in [2.24, 2.45) is 0 Å². The monoisotopic (exact) mass is 434 g/mol. The van der Waals surface area contributed by atoms with E-state index in [4.69, 9.17) is 4.42 Å². The maximum atomic E-state index is 13.1. The highest BCUT2D eigenvalue weighted by Gasteiger charge is 2.33. The molecule has 1 aliphatic heterocycles. The van der Waals surface area contributed by atoms with E-state index in [1.54, 1.807) is 12.1 Å². The van der Waals surface area contributed by atoms with Crippen LogP contribution in [0.25, 0.3) is 17.1 Å². The van der Waals surface area contributed by atoms with Gasteiger partial charge < -0.3 is 14.7 Å². The zero-order chi connectivity index (χ0) is 21.4. The molecule has 3 heterocycles. The molecule has 0 radical (unpaired) electrons. The van der Waals surface area contributed by atoms with Crippen molar-refractivity contribution in [3.63, 3.8) is 0 Å². The first-order valence-electron chi connectivity index (χ1n) is 9.36. The molecule has 1 fully saturated rings. The molecule has 4 aromatic rings. The highest BCUT2D eigenvalue weighted by molar-refractivity contribution is 7.99. The fourth-order valence-corrected chi connectivity index (χ4v) is 3.94. The molecule has 31 heavy (non-hydrogen) atoms. The Kier molecular flexibility index (Phi) is 4.79. The van der Waals surface area contributed by atoms with Crippen molar-refractivity contribution in [1.29, 1.82) is 0 Å². The molecule has 0 unspecified atom stereocenters. The Labute approximate surface area is 180 Å². The molecule has 2 aromatic heterocycles. The van der Waals surface area contributed by atoms with Gasteiger partial charge >= 0.3 is 6.03 Å². The van der Waals surface area contributed by atoms with E-state index in [0.29, 0.717) is 21.6 Å². The van der Waals surface area contributed by atoms with Crippen LogP contribution in [0, 0.1) is 5.82 Å². The third-order valence-corrected chi connectivity index (χ3v) is 5.48. The predicted molar refractivity (Wildman–Crippen MR) is 112 cm³/mol. The number of urea groups is 1. The second-order valence-corrected chi connectivity index (χ2v) is 7.82. The molecular weight excluding hydrogens is 419 g/mol. The number of carbonyl (C=O) groups excluding carboxylic acids is 2. The minimum atomic E-state index is -0.538. The van der Waals surface area contributed by atoms with Crippen molar-refractivity contribution in [3.05, 3.63) is 83.5 Å². The molecule has 9 heteroatoms. The number of imidazole rings is 1. The van der Waals surface area contributed by atoms with E-state index in [-0.39, 0.29) is 18.1 Å². The van der Waals surface area contributed by atoms with Gasteiger partial charge in [-0.1, -0.05) is 24.3 Å². The zero-order valence-electron chi connectivity index (χ0n) is 16.0. The van der Waals surface area contributed by atoms with Crippen molar-refractivity contribution in [2.45, 2.75) is 16.8 Å². The lowest BCUT2D eigenvalue weighted by atomic mass is 10.2. The number of amides is 3. The molecule has 7 nitrogen and oxygen atoms in total. The van der Waals surface area contributed by atoms with Gasteiger partial charge in [0.05, 0.1) is 17.6 Å². The highest BCUT2D eigenvalue weighted by atomic mass is 32.2. The first kappa shape index (κ1) is 19.1. The summed E-state index contributed by atoms with van der Waals surface area (Å²) in [4.78, 5) is 33.6. The molecule has 1 aliphatic rings. The van der Waals surface area contributed by atoms with Gasteiger partial charge in [-0.3, -0.25) is 9.69 Å². The molecule has 5 rings (SSSR count). The summed E-state index contributed by atoms with van der Waals surface area (Å²) in [6.07, 6.45) is 1.48. The van der Waals surface area contributed by atoms with Crippen LogP contribution < -0.4 is 5.32 Å². The van der Waals surface area contributed by atoms with Crippen molar-refractivity contribution < 1.29 is 18.4 Å². The second kappa shape index (κ2) is 7.77. The SMILES string of the molecule is O=C1N/C(=C/c2ccc(Sc3nc4ccccc4[nH]3)o2)C(=O)N1Cc1ccc(F)cc1. The van der Waals surface area contributed by atoms with Gasteiger partial charge in [0.15, 0.2) is 10.2 Å². The van der Waals surface area contributed by atoms with E-state index < -0.39 is 11.9 Å². The van der Waals surface area contributed by atoms with Crippen molar-refractivity contribution in [1.82, 2.24) is 20.2 Å². The standard InChI is InChI=1S/C22H15FN4O3S/c23-14-7-5-13(6-8-14)12-27-20(28)18(26-22(27)29)11-15-9-10-19(30-15)31-21-24-16-3-1-2-4-17(16)25-21/h1-11H,12H2,(H,24,25)(H,26,29)/b18-11+. The van der Waals surface area contributed by atoms with E-state index in [1.165, 1.54) is 42.1 Å². The number of benzene rings is 2. The average molecular weight is 434 g/mol. The number of aromatic amines is 1. The Morgan fingerprint density at radius 1 is 1.06 bits per heavy atom. The quantitative estimate of drug-likeness (QED) is 0.356. The number of nitrogens with one attached hydrogen (secondary N) is 2. The predicted octanol–water partition coefficient (Wildman–Crippen LogP) is 4.54. The Morgan fingerprint density at radius 2 is 1.87 bits per heavy atom. The van der Waals surface area contributed by atoms with Crippen molar-refractivity contribution in [3.8, 4) is 0 Å². The number of aromatic nitrogens is 2. The van der Waals surface area contributed by atoms with Crippen LogP contribution in [0.3, 0.4) is 0 Å². The first-order chi connectivity index (χ1) is 15.0. The number of imide groups is 1. The summed E-state index contributed by atoms with van der Waals surface area (Å²) in [5, 5.41) is 3.82. The molecule has 2 aromatic carbocycles. The molecule has 154 valence electrons. The lowest BCUT2D eigenvalue weighted by Crippen LogP contribution is -2.30. The molecule has 0 saturated carbocycles. The molecule has 0 aliphatic carbocycles. The van der Waals surface area contributed by atoms with Gasteiger partial charge in [0.1, 0.15) is 17.3 Å². The largest absolute Gasteiger partial charge is 0.450 e. The van der Waals surface area contributed by atoms with Crippen LogP contribution in [0.2, 0.25) is 0 Å². The van der Waals surface area contributed by atoms with Crippen LogP contribution in [0.1, 0.15) is 11.3 Å². The number of para-hydroxylation sites is 2.